The molecule has 0 bridgehead atoms. The van der Waals surface area contributed by atoms with Crippen LogP contribution in [0.3, 0.4) is 0 Å². The standard InChI is InChI=1S/C22H23N3O4/c1-14(26)23-18-9-5-8-16(12-18)20-19(21(27)24-17-10-11-17)25(22(28)29-20)13-15-6-3-2-4-7-15/h2-9,12,17,19-20H,10-11,13H2,1H3,(H,23,26)(H,24,27)/t19-,20-/m1/s1. The van der Waals surface area contributed by atoms with Crippen LogP contribution < -0.4 is 10.6 Å². The van der Waals surface area contributed by atoms with Gasteiger partial charge in [0.25, 0.3) is 0 Å². The summed E-state index contributed by atoms with van der Waals surface area (Å²) in [5.41, 5.74) is 2.17. The second-order valence-corrected chi connectivity index (χ2v) is 7.45. The molecule has 1 aliphatic carbocycles. The molecule has 1 heterocycles. The lowest BCUT2D eigenvalue weighted by Gasteiger charge is -2.24. The van der Waals surface area contributed by atoms with Crippen LogP contribution in [0.15, 0.2) is 54.6 Å². The van der Waals surface area contributed by atoms with Crippen molar-refractivity contribution in [1.82, 2.24) is 10.2 Å². The number of carbonyl (C=O) groups is 3. The SMILES string of the molecule is CC(=O)Nc1cccc([C@H]2OC(=O)N(Cc3ccccc3)[C@H]2C(=O)NC2CC2)c1. The Morgan fingerprint density at radius 1 is 1.10 bits per heavy atom. The van der Waals surface area contributed by atoms with Gasteiger partial charge in [0.05, 0.1) is 6.54 Å². The predicted molar refractivity (Wildman–Crippen MR) is 107 cm³/mol. The van der Waals surface area contributed by atoms with Crippen LogP contribution in [0.5, 0.6) is 0 Å². The second kappa shape index (κ2) is 7.95. The van der Waals surface area contributed by atoms with E-state index in [-0.39, 0.29) is 24.4 Å². The Bertz CT molecular complexity index is 927. The summed E-state index contributed by atoms with van der Waals surface area (Å²) in [7, 11) is 0. The van der Waals surface area contributed by atoms with Crippen molar-refractivity contribution in [2.45, 2.75) is 44.5 Å². The fraction of sp³-hybridized carbons (Fsp3) is 0.318. The number of benzene rings is 2. The van der Waals surface area contributed by atoms with Gasteiger partial charge >= 0.3 is 6.09 Å². The molecule has 2 atom stereocenters. The van der Waals surface area contributed by atoms with Crippen molar-refractivity contribution in [1.29, 1.82) is 0 Å². The van der Waals surface area contributed by atoms with Gasteiger partial charge in [-0.25, -0.2) is 4.79 Å². The Morgan fingerprint density at radius 3 is 2.55 bits per heavy atom. The van der Waals surface area contributed by atoms with Gasteiger partial charge in [0.15, 0.2) is 12.1 Å². The number of carbonyl (C=O) groups excluding carboxylic acids is 3. The van der Waals surface area contributed by atoms with Gasteiger partial charge < -0.3 is 15.4 Å². The topological polar surface area (TPSA) is 87.7 Å². The third-order valence-electron chi connectivity index (χ3n) is 5.01. The van der Waals surface area contributed by atoms with Gasteiger partial charge in [0, 0.05) is 18.7 Å². The van der Waals surface area contributed by atoms with Gasteiger partial charge in [-0.1, -0.05) is 42.5 Å². The molecule has 1 aliphatic heterocycles. The van der Waals surface area contributed by atoms with Crippen molar-refractivity contribution in [3.63, 3.8) is 0 Å². The summed E-state index contributed by atoms with van der Waals surface area (Å²) in [4.78, 5) is 38.6. The molecule has 1 saturated heterocycles. The van der Waals surface area contributed by atoms with E-state index in [2.05, 4.69) is 10.6 Å². The first-order valence-corrected chi connectivity index (χ1v) is 9.70. The van der Waals surface area contributed by atoms with Gasteiger partial charge in [-0.2, -0.15) is 0 Å². The van der Waals surface area contributed by atoms with Crippen LogP contribution in [0.1, 0.15) is 37.0 Å². The molecule has 7 heteroatoms. The zero-order valence-electron chi connectivity index (χ0n) is 16.1. The number of nitrogens with one attached hydrogen (secondary N) is 2. The Morgan fingerprint density at radius 2 is 1.86 bits per heavy atom. The van der Waals surface area contributed by atoms with Crippen molar-refractivity contribution >= 4 is 23.6 Å². The summed E-state index contributed by atoms with van der Waals surface area (Å²) >= 11 is 0. The number of cyclic esters (lactones) is 1. The molecule has 150 valence electrons. The van der Waals surface area contributed by atoms with Gasteiger partial charge in [-0.15, -0.1) is 0 Å². The Hall–Kier alpha value is -3.35. The lowest BCUT2D eigenvalue weighted by atomic mass is 10.00. The molecule has 4 rings (SSSR count). The molecule has 2 fully saturated rings. The van der Waals surface area contributed by atoms with E-state index >= 15 is 0 Å². The van der Waals surface area contributed by atoms with Crippen LogP contribution in [0.25, 0.3) is 0 Å². The third-order valence-corrected chi connectivity index (χ3v) is 5.01. The first-order chi connectivity index (χ1) is 14.0. The highest BCUT2D eigenvalue weighted by molar-refractivity contribution is 5.90. The van der Waals surface area contributed by atoms with Gasteiger partial charge in [-0.05, 0) is 36.1 Å². The number of nitrogens with zero attached hydrogens (tertiary/aromatic N) is 1. The quantitative estimate of drug-likeness (QED) is 0.790. The molecule has 2 aromatic rings. The summed E-state index contributed by atoms with van der Waals surface area (Å²) in [6.45, 7) is 1.71. The van der Waals surface area contributed by atoms with Gasteiger partial charge in [0.2, 0.25) is 11.8 Å². The van der Waals surface area contributed by atoms with E-state index in [1.165, 1.54) is 11.8 Å². The van der Waals surface area contributed by atoms with Crippen molar-refractivity contribution in [3.05, 3.63) is 65.7 Å². The number of anilines is 1. The Labute approximate surface area is 169 Å². The fourth-order valence-electron chi connectivity index (χ4n) is 3.50. The van der Waals surface area contributed by atoms with E-state index in [1.54, 1.807) is 24.3 Å². The largest absolute Gasteiger partial charge is 0.438 e. The number of hydrogen-bond acceptors (Lipinski definition) is 4. The highest BCUT2D eigenvalue weighted by atomic mass is 16.6. The molecular formula is C22H23N3O4. The summed E-state index contributed by atoms with van der Waals surface area (Å²) in [5, 5.41) is 5.72. The average Bonchev–Trinajstić information content (AvgIpc) is 3.45. The lowest BCUT2D eigenvalue weighted by molar-refractivity contribution is -0.126. The molecule has 2 aliphatic rings. The number of hydrogen-bond donors (Lipinski definition) is 2. The molecule has 0 spiro atoms. The maximum atomic E-state index is 13.0. The summed E-state index contributed by atoms with van der Waals surface area (Å²) in [6, 6.07) is 16.0. The Balaban J connectivity index is 1.63. The number of amides is 3. The van der Waals surface area contributed by atoms with Crippen LogP contribution in [0.4, 0.5) is 10.5 Å². The normalized spacial score (nSPS) is 20.9. The Kier molecular flexibility index (Phi) is 5.20. The van der Waals surface area contributed by atoms with Crippen LogP contribution >= 0.6 is 0 Å². The smallest absolute Gasteiger partial charge is 0.411 e. The number of rotatable bonds is 6. The van der Waals surface area contributed by atoms with Gasteiger partial charge in [-0.3, -0.25) is 14.5 Å². The van der Waals surface area contributed by atoms with Crippen LogP contribution in [0, 0.1) is 0 Å². The highest BCUT2D eigenvalue weighted by Gasteiger charge is 2.47. The second-order valence-electron chi connectivity index (χ2n) is 7.45. The van der Waals surface area contributed by atoms with Crippen molar-refractivity contribution in [3.8, 4) is 0 Å². The molecule has 0 radical (unpaired) electrons. The van der Waals surface area contributed by atoms with Crippen LogP contribution in [0.2, 0.25) is 0 Å². The van der Waals surface area contributed by atoms with Crippen LogP contribution in [-0.2, 0) is 20.9 Å². The predicted octanol–water partition coefficient (Wildman–Crippen LogP) is 2.99. The maximum Gasteiger partial charge on any atom is 0.411 e. The molecule has 3 amide bonds. The van der Waals surface area contributed by atoms with E-state index in [1.807, 2.05) is 30.3 Å². The van der Waals surface area contributed by atoms with Crippen molar-refractivity contribution in [2.75, 3.05) is 5.32 Å². The van der Waals surface area contributed by atoms with Crippen molar-refractivity contribution < 1.29 is 19.1 Å². The zero-order valence-corrected chi connectivity index (χ0v) is 16.1. The minimum atomic E-state index is -0.782. The first-order valence-electron chi connectivity index (χ1n) is 9.70. The van der Waals surface area contributed by atoms with Gasteiger partial charge in [0.1, 0.15) is 0 Å². The van der Waals surface area contributed by atoms with E-state index in [0.29, 0.717) is 11.3 Å². The minimum absolute atomic E-state index is 0.170. The maximum absolute atomic E-state index is 13.0. The minimum Gasteiger partial charge on any atom is -0.438 e. The fourth-order valence-corrected chi connectivity index (χ4v) is 3.50. The molecule has 1 saturated carbocycles. The summed E-state index contributed by atoms with van der Waals surface area (Å²) in [6.07, 6.45) is 0.627. The highest BCUT2D eigenvalue weighted by Crippen LogP contribution is 2.35. The molecular weight excluding hydrogens is 370 g/mol. The third kappa shape index (κ3) is 4.39. The molecule has 29 heavy (non-hydrogen) atoms. The van der Waals surface area contributed by atoms with E-state index in [0.717, 1.165) is 18.4 Å². The monoisotopic (exact) mass is 393 g/mol. The average molecular weight is 393 g/mol. The molecule has 7 nitrogen and oxygen atoms in total. The van der Waals surface area contributed by atoms with E-state index in [4.69, 9.17) is 4.74 Å². The van der Waals surface area contributed by atoms with Crippen molar-refractivity contribution in [2.24, 2.45) is 0 Å². The zero-order chi connectivity index (χ0) is 20.4. The molecule has 0 unspecified atom stereocenters. The molecule has 2 aromatic carbocycles. The summed E-state index contributed by atoms with van der Waals surface area (Å²) in [5.74, 6) is -0.413. The first kappa shape index (κ1) is 19.0. The number of ether oxygens (including phenoxy) is 1. The van der Waals surface area contributed by atoms with E-state index in [9.17, 15) is 14.4 Å². The van der Waals surface area contributed by atoms with E-state index < -0.39 is 18.2 Å². The molecule has 0 aromatic heterocycles. The molecule has 2 N–H and O–H groups in total. The van der Waals surface area contributed by atoms with Crippen LogP contribution in [-0.4, -0.2) is 34.9 Å². The summed E-state index contributed by atoms with van der Waals surface area (Å²) < 4.78 is 5.64. The lowest BCUT2D eigenvalue weighted by Crippen LogP contribution is -2.46.